The molecule has 3 N–H and O–H groups in total. The molecule has 14 heavy (non-hydrogen) atoms. The summed E-state index contributed by atoms with van der Waals surface area (Å²) in [5.41, 5.74) is 5.60. The van der Waals surface area contributed by atoms with Crippen LogP contribution >= 0.6 is 28.3 Å². The van der Waals surface area contributed by atoms with Gasteiger partial charge in [0.15, 0.2) is 11.6 Å². The fourth-order valence-corrected chi connectivity index (χ4v) is 1.37. The first-order valence-electron chi connectivity index (χ1n) is 3.57. The van der Waals surface area contributed by atoms with E-state index in [1.165, 1.54) is 6.07 Å². The van der Waals surface area contributed by atoms with E-state index in [0.29, 0.717) is 0 Å². The van der Waals surface area contributed by atoms with Crippen LogP contribution in [0.5, 0.6) is 5.75 Å². The van der Waals surface area contributed by atoms with Crippen molar-refractivity contribution >= 4 is 28.3 Å². The summed E-state index contributed by atoms with van der Waals surface area (Å²) in [4.78, 5) is 0. The van der Waals surface area contributed by atoms with E-state index in [0.717, 1.165) is 0 Å². The summed E-state index contributed by atoms with van der Waals surface area (Å²) in [6, 6.07) is 0.713. The zero-order chi connectivity index (χ0) is 10.2. The Morgan fingerprint density at radius 3 is 2.36 bits per heavy atom. The van der Waals surface area contributed by atoms with Crippen molar-refractivity contribution in [1.82, 2.24) is 0 Å². The summed E-state index contributed by atoms with van der Waals surface area (Å²) < 4.78 is 25.7. The molecule has 0 spiro atoms. The molecule has 0 aliphatic carbocycles. The molecule has 0 radical (unpaired) electrons. The number of phenolic OH excluding ortho intramolecular Hbond substituents is 1. The van der Waals surface area contributed by atoms with Crippen LogP contribution in [0.4, 0.5) is 8.78 Å². The van der Waals surface area contributed by atoms with Crippen molar-refractivity contribution in [3.05, 3.63) is 27.7 Å². The Morgan fingerprint density at radius 1 is 1.43 bits per heavy atom. The van der Waals surface area contributed by atoms with E-state index < -0.39 is 23.4 Å². The van der Waals surface area contributed by atoms with Crippen molar-refractivity contribution in [1.29, 1.82) is 0 Å². The standard InChI is InChI=1S/C8H8BrF2NO.ClH/c1-3(12)4-2-5(9)6(10)7(11)8(4)13;/h2-3,13H,12H2,1H3;1H/t3-;/m1./s1. The predicted octanol–water partition coefficient (Wildman–Crippen LogP) is 2.87. The van der Waals surface area contributed by atoms with Crippen LogP contribution in [0.3, 0.4) is 0 Å². The third-order valence-electron chi connectivity index (χ3n) is 1.66. The Hall–Kier alpha value is -0.390. The van der Waals surface area contributed by atoms with Crippen molar-refractivity contribution in [2.24, 2.45) is 5.73 Å². The van der Waals surface area contributed by atoms with E-state index in [1.54, 1.807) is 6.92 Å². The van der Waals surface area contributed by atoms with Crippen LogP contribution in [0.2, 0.25) is 0 Å². The van der Waals surface area contributed by atoms with Gasteiger partial charge in [0, 0.05) is 11.6 Å². The molecule has 1 atom stereocenters. The molecular weight excluding hydrogens is 279 g/mol. The van der Waals surface area contributed by atoms with E-state index in [1.807, 2.05) is 0 Å². The van der Waals surface area contributed by atoms with Crippen molar-refractivity contribution < 1.29 is 13.9 Å². The Labute approximate surface area is 94.6 Å². The van der Waals surface area contributed by atoms with E-state index in [9.17, 15) is 8.78 Å². The van der Waals surface area contributed by atoms with E-state index in [-0.39, 0.29) is 22.4 Å². The molecule has 1 aromatic rings. The molecule has 1 rings (SSSR count). The van der Waals surface area contributed by atoms with Crippen LogP contribution in [-0.4, -0.2) is 5.11 Å². The molecule has 2 nitrogen and oxygen atoms in total. The quantitative estimate of drug-likeness (QED) is 0.781. The lowest BCUT2D eigenvalue weighted by atomic mass is 10.1. The minimum Gasteiger partial charge on any atom is -0.505 e. The second kappa shape index (κ2) is 4.91. The van der Waals surface area contributed by atoms with Crippen LogP contribution in [0.25, 0.3) is 0 Å². The van der Waals surface area contributed by atoms with Gasteiger partial charge in [0.2, 0.25) is 5.82 Å². The topological polar surface area (TPSA) is 46.2 Å². The highest BCUT2D eigenvalue weighted by Crippen LogP contribution is 2.32. The molecule has 0 aliphatic heterocycles. The van der Waals surface area contributed by atoms with Gasteiger partial charge in [-0.15, -0.1) is 12.4 Å². The summed E-state index contributed by atoms with van der Waals surface area (Å²) in [6.07, 6.45) is 0. The first-order chi connectivity index (χ1) is 5.95. The van der Waals surface area contributed by atoms with E-state index >= 15 is 0 Å². The Bertz CT molecular complexity index is 347. The highest BCUT2D eigenvalue weighted by Gasteiger charge is 2.18. The average Bonchev–Trinajstić information content (AvgIpc) is 2.07. The van der Waals surface area contributed by atoms with Crippen molar-refractivity contribution in [3.8, 4) is 5.75 Å². The largest absolute Gasteiger partial charge is 0.505 e. The summed E-state index contributed by atoms with van der Waals surface area (Å²) in [6.45, 7) is 1.57. The van der Waals surface area contributed by atoms with Crippen LogP contribution < -0.4 is 5.73 Å². The highest BCUT2D eigenvalue weighted by molar-refractivity contribution is 9.10. The molecule has 0 unspecified atom stereocenters. The van der Waals surface area contributed by atoms with Gasteiger partial charge in [-0.2, -0.15) is 4.39 Å². The van der Waals surface area contributed by atoms with Crippen molar-refractivity contribution in [2.75, 3.05) is 0 Å². The second-order valence-corrected chi connectivity index (χ2v) is 3.57. The minimum atomic E-state index is -1.28. The van der Waals surface area contributed by atoms with Gasteiger partial charge in [-0.05, 0) is 28.9 Å². The Morgan fingerprint density at radius 2 is 1.93 bits per heavy atom. The highest BCUT2D eigenvalue weighted by atomic mass is 79.9. The van der Waals surface area contributed by atoms with E-state index in [2.05, 4.69) is 15.9 Å². The Balaban J connectivity index is 0.00000169. The normalized spacial score (nSPS) is 12.1. The van der Waals surface area contributed by atoms with Gasteiger partial charge in [-0.1, -0.05) is 0 Å². The molecule has 0 aliphatic rings. The zero-order valence-corrected chi connectivity index (χ0v) is 9.62. The van der Waals surface area contributed by atoms with Crippen LogP contribution in [-0.2, 0) is 0 Å². The second-order valence-electron chi connectivity index (χ2n) is 2.71. The number of benzene rings is 1. The molecule has 0 amide bonds. The summed E-state index contributed by atoms with van der Waals surface area (Å²) in [5.74, 6) is -3.11. The first-order valence-corrected chi connectivity index (χ1v) is 4.36. The fourth-order valence-electron chi connectivity index (χ4n) is 0.951. The number of rotatable bonds is 1. The van der Waals surface area contributed by atoms with Gasteiger partial charge in [0.05, 0.1) is 4.47 Å². The van der Waals surface area contributed by atoms with Gasteiger partial charge in [-0.3, -0.25) is 0 Å². The smallest absolute Gasteiger partial charge is 0.201 e. The molecule has 0 fully saturated rings. The van der Waals surface area contributed by atoms with Gasteiger partial charge in [0.25, 0.3) is 0 Å². The summed E-state index contributed by atoms with van der Waals surface area (Å²) in [7, 11) is 0. The van der Waals surface area contributed by atoms with Gasteiger partial charge < -0.3 is 10.8 Å². The maximum absolute atomic E-state index is 12.9. The van der Waals surface area contributed by atoms with Gasteiger partial charge in [0.1, 0.15) is 0 Å². The Kier molecular flexibility index (Phi) is 4.77. The van der Waals surface area contributed by atoms with Crippen LogP contribution in [0.15, 0.2) is 10.5 Å². The predicted molar refractivity (Wildman–Crippen MR) is 55.6 cm³/mol. The maximum Gasteiger partial charge on any atom is 0.201 e. The molecule has 0 aromatic heterocycles. The molecule has 0 bridgehead atoms. The molecule has 0 saturated heterocycles. The van der Waals surface area contributed by atoms with Gasteiger partial charge >= 0.3 is 0 Å². The number of halogens is 4. The fraction of sp³-hybridized carbons (Fsp3) is 0.250. The van der Waals surface area contributed by atoms with Crippen LogP contribution in [0.1, 0.15) is 18.5 Å². The molecule has 1 aromatic carbocycles. The number of nitrogens with two attached hydrogens (primary N) is 1. The first kappa shape index (κ1) is 13.6. The maximum atomic E-state index is 12.9. The summed E-state index contributed by atoms with van der Waals surface area (Å²) in [5, 5.41) is 9.16. The summed E-state index contributed by atoms with van der Waals surface area (Å²) >= 11 is 2.82. The minimum absolute atomic E-state index is 0. The lowest BCUT2D eigenvalue weighted by molar-refractivity contribution is 0.397. The SMILES string of the molecule is C[C@@H](N)c1cc(Br)c(F)c(F)c1O.Cl. The lowest BCUT2D eigenvalue weighted by Gasteiger charge is -2.10. The van der Waals surface area contributed by atoms with E-state index in [4.69, 9.17) is 10.8 Å². The molecule has 80 valence electrons. The average molecular weight is 289 g/mol. The third kappa shape index (κ3) is 2.34. The zero-order valence-electron chi connectivity index (χ0n) is 7.22. The number of phenols is 1. The lowest BCUT2D eigenvalue weighted by Crippen LogP contribution is -2.07. The molecule has 0 saturated carbocycles. The third-order valence-corrected chi connectivity index (χ3v) is 2.23. The van der Waals surface area contributed by atoms with Crippen molar-refractivity contribution in [2.45, 2.75) is 13.0 Å². The number of aromatic hydroxyl groups is 1. The number of hydrogen-bond acceptors (Lipinski definition) is 2. The molecule has 6 heteroatoms. The van der Waals surface area contributed by atoms with Gasteiger partial charge in [-0.25, -0.2) is 4.39 Å². The van der Waals surface area contributed by atoms with Crippen molar-refractivity contribution in [3.63, 3.8) is 0 Å². The molecule has 0 heterocycles. The number of hydrogen-bond donors (Lipinski definition) is 2. The monoisotopic (exact) mass is 287 g/mol. The van der Waals surface area contributed by atoms with Crippen LogP contribution in [0, 0.1) is 11.6 Å². The molecular formula is C8H9BrClF2NO.